The molecule has 2 N–H and O–H groups in total. The van der Waals surface area contributed by atoms with E-state index in [1.807, 2.05) is 0 Å². The Morgan fingerprint density at radius 1 is 1.14 bits per heavy atom. The molecule has 0 bridgehead atoms. The van der Waals surface area contributed by atoms with Crippen LogP contribution in [-0.2, 0) is 19.8 Å². The average Bonchev–Trinajstić information content (AvgIpc) is 2.45. The van der Waals surface area contributed by atoms with Gasteiger partial charge in [0.05, 0.1) is 20.1 Å². The summed E-state index contributed by atoms with van der Waals surface area (Å²) >= 11 is 0. The topological polar surface area (TPSA) is 61.5 Å². The first-order valence-corrected chi connectivity index (χ1v) is 6.37. The fourth-order valence-corrected chi connectivity index (χ4v) is 1.81. The number of esters is 1. The van der Waals surface area contributed by atoms with Crippen LogP contribution in [0, 0.1) is 0 Å². The molecule has 1 aromatic carbocycles. The summed E-state index contributed by atoms with van der Waals surface area (Å²) in [5, 5.41) is 0. The van der Waals surface area contributed by atoms with E-state index < -0.39 is 30.7 Å². The molecule has 0 amide bonds. The van der Waals surface area contributed by atoms with Gasteiger partial charge < -0.3 is 15.2 Å². The molecule has 0 radical (unpaired) electrons. The fraction of sp³-hybridized carbons (Fsp3) is 0.500. The minimum atomic E-state index is -4.26. The van der Waals surface area contributed by atoms with Crippen LogP contribution in [0.15, 0.2) is 30.3 Å². The molecule has 0 aromatic heterocycles. The van der Waals surface area contributed by atoms with E-state index in [9.17, 15) is 18.0 Å². The van der Waals surface area contributed by atoms with Gasteiger partial charge in [-0.15, -0.1) is 0 Å². The highest BCUT2D eigenvalue weighted by Gasteiger charge is 2.37. The lowest BCUT2D eigenvalue weighted by Crippen LogP contribution is -2.46. The first-order valence-electron chi connectivity index (χ1n) is 6.37. The number of carbonyl (C=O) groups excluding carboxylic acids is 1. The Hall–Kier alpha value is -1.60. The largest absolute Gasteiger partial charge is 0.467 e. The van der Waals surface area contributed by atoms with Crippen LogP contribution in [0.1, 0.15) is 18.4 Å². The third-order valence-electron chi connectivity index (χ3n) is 3.01. The second-order valence-corrected chi connectivity index (χ2v) is 4.56. The average molecular weight is 305 g/mol. The molecule has 7 heteroatoms. The molecule has 1 rings (SSSR count). The minimum absolute atomic E-state index is 0.0293. The molecule has 1 unspecified atom stereocenters. The van der Waals surface area contributed by atoms with Crippen molar-refractivity contribution in [3.05, 3.63) is 35.9 Å². The van der Waals surface area contributed by atoms with E-state index in [2.05, 4.69) is 4.74 Å². The molecule has 1 atom stereocenters. The van der Waals surface area contributed by atoms with E-state index >= 15 is 0 Å². The van der Waals surface area contributed by atoms with Crippen molar-refractivity contribution >= 4 is 5.97 Å². The Balaban J connectivity index is 2.62. The van der Waals surface area contributed by atoms with Crippen LogP contribution < -0.4 is 5.73 Å². The minimum Gasteiger partial charge on any atom is -0.467 e. The van der Waals surface area contributed by atoms with E-state index in [0.29, 0.717) is 5.56 Å². The highest BCUT2D eigenvalue weighted by molar-refractivity contribution is 5.82. The molecule has 0 spiro atoms. The molecule has 1 aromatic rings. The third kappa shape index (κ3) is 5.35. The molecular formula is C14H18F3NO3. The Labute approximate surface area is 121 Å². The lowest BCUT2D eigenvalue weighted by molar-refractivity contribution is -0.151. The van der Waals surface area contributed by atoms with E-state index in [0.717, 1.165) is 0 Å². The van der Waals surface area contributed by atoms with Gasteiger partial charge in [0.1, 0.15) is 5.54 Å². The third-order valence-corrected chi connectivity index (χ3v) is 3.01. The molecule has 0 aliphatic rings. The zero-order valence-electron chi connectivity index (χ0n) is 11.7. The second kappa shape index (κ2) is 7.42. The first-order chi connectivity index (χ1) is 9.79. The molecule has 0 aliphatic heterocycles. The number of benzene rings is 1. The number of hydrogen-bond acceptors (Lipinski definition) is 4. The summed E-state index contributed by atoms with van der Waals surface area (Å²) < 4.78 is 45.6. The molecule has 21 heavy (non-hydrogen) atoms. The maximum atomic E-state index is 12.0. The van der Waals surface area contributed by atoms with Crippen molar-refractivity contribution in [1.82, 2.24) is 0 Å². The lowest BCUT2D eigenvalue weighted by Gasteiger charge is -2.27. The Kier molecular flexibility index (Phi) is 6.17. The monoisotopic (exact) mass is 305 g/mol. The van der Waals surface area contributed by atoms with Crippen molar-refractivity contribution in [3.63, 3.8) is 0 Å². The summed E-state index contributed by atoms with van der Waals surface area (Å²) in [5.74, 6) is -0.659. The van der Waals surface area contributed by atoms with Crippen molar-refractivity contribution < 1.29 is 27.4 Å². The van der Waals surface area contributed by atoms with Gasteiger partial charge in [-0.25, -0.2) is 4.79 Å². The predicted molar refractivity (Wildman–Crippen MR) is 70.4 cm³/mol. The van der Waals surface area contributed by atoms with Gasteiger partial charge in [0.2, 0.25) is 0 Å². The lowest BCUT2D eigenvalue weighted by atomic mass is 9.88. The van der Waals surface area contributed by atoms with Gasteiger partial charge in [-0.05, 0) is 5.56 Å². The van der Waals surface area contributed by atoms with Gasteiger partial charge in [0, 0.05) is 13.0 Å². The van der Waals surface area contributed by atoms with Crippen LogP contribution in [0.25, 0.3) is 0 Å². The van der Waals surface area contributed by atoms with Crippen molar-refractivity contribution in [2.45, 2.75) is 24.6 Å². The van der Waals surface area contributed by atoms with Gasteiger partial charge in [-0.2, -0.15) is 13.2 Å². The van der Waals surface area contributed by atoms with Gasteiger partial charge in [0.25, 0.3) is 0 Å². The maximum absolute atomic E-state index is 12.0. The quantitative estimate of drug-likeness (QED) is 0.620. The van der Waals surface area contributed by atoms with Crippen molar-refractivity contribution in [2.24, 2.45) is 5.73 Å². The van der Waals surface area contributed by atoms with Gasteiger partial charge in [-0.3, -0.25) is 0 Å². The smallest absolute Gasteiger partial charge is 0.391 e. The highest BCUT2D eigenvalue weighted by atomic mass is 19.4. The molecule has 118 valence electrons. The van der Waals surface area contributed by atoms with Gasteiger partial charge in [-0.1, -0.05) is 30.3 Å². The Morgan fingerprint density at radius 3 is 2.24 bits per heavy atom. The predicted octanol–water partition coefficient (Wildman–Crippen LogP) is 2.37. The Morgan fingerprint density at radius 2 is 1.71 bits per heavy atom. The standard InChI is InChI=1S/C14H18F3NO3/c1-20-12(19)13(18,11-5-3-2-4-6-11)7-9-21-10-8-14(15,16)17/h2-6H,7-10,18H2,1H3. The van der Waals surface area contributed by atoms with Crippen LogP contribution in [0.4, 0.5) is 13.2 Å². The van der Waals surface area contributed by atoms with Crippen molar-refractivity contribution in [1.29, 1.82) is 0 Å². The number of rotatable bonds is 7. The number of alkyl halides is 3. The number of methoxy groups -OCH3 is 1. The van der Waals surface area contributed by atoms with Crippen molar-refractivity contribution in [3.8, 4) is 0 Å². The summed E-state index contributed by atoms with van der Waals surface area (Å²) in [4.78, 5) is 11.9. The van der Waals surface area contributed by atoms with E-state index in [1.165, 1.54) is 7.11 Å². The van der Waals surface area contributed by atoms with E-state index in [4.69, 9.17) is 10.5 Å². The summed E-state index contributed by atoms with van der Waals surface area (Å²) in [7, 11) is 1.21. The number of ether oxygens (including phenoxy) is 2. The first kappa shape index (κ1) is 17.5. The molecule has 0 aliphatic carbocycles. The molecule has 0 saturated heterocycles. The summed E-state index contributed by atoms with van der Waals surface area (Å²) in [5.41, 5.74) is 5.15. The zero-order chi connectivity index (χ0) is 15.9. The second-order valence-electron chi connectivity index (χ2n) is 4.56. The molecule has 0 heterocycles. The molecule has 4 nitrogen and oxygen atoms in total. The number of hydrogen-bond donors (Lipinski definition) is 1. The number of halogens is 3. The summed E-state index contributed by atoms with van der Waals surface area (Å²) in [6, 6.07) is 8.51. The van der Waals surface area contributed by atoms with Crippen LogP contribution in [-0.4, -0.2) is 32.5 Å². The summed E-state index contributed by atoms with van der Waals surface area (Å²) in [6.07, 6.45) is -5.27. The normalized spacial score (nSPS) is 14.5. The van der Waals surface area contributed by atoms with Crippen LogP contribution in [0.5, 0.6) is 0 Å². The van der Waals surface area contributed by atoms with Crippen LogP contribution >= 0.6 is 0 Å². The summed E-state index contributed by atoms with van der Waals surface area (Å²) in [6.45, 7) is -0.536. The molecule has 0 saturated carbocycles. The van der Waals surface area contributed by atoms with Crippen molar-refractivity contribution in [2.75, 3.05) is 20.3 Å². The van der Waals surface area contributed by atoms with Gasteiger partial charge >= 0.3 is 12.1 Å². The van der Waals surface area contributed by atoms with Gasteiger partial charge in [0.15, 0.2) is 0 Å². The van der Waals surface area contributed by atoms with Crippen LogP contribution in [0.2, 0.25) is 0 Å². The van der Waals surface area contributed by atoms with Crippen LogP contribution in [0.3, 0.4) is 0 Å². The highest BCUT2D eigenvalue weighted by Crippen LogP contribution is 2.24. The molecule has 0 fully saturated rings. The zero-order valence-corrected chi connectivity index (χ0v) is 11.7. The maximum Gasteiger partial charge on any atom is 0.391 e. The number of nitrogens with two attached hydrogens (primary N) is 1. The van der Waals surface area contributed by atoms with E-state index in [-0.39, 0.29) is 13.0 Å². The number of carbonyl (C=O) groups is 1. The fourth-order valence-electron chi connectivity index (χ4n) is 1.81. The SMILES string of the molecule is COC(=O)C(N)(CCOCCC(F)(F)F)c1ccccc1. The van der Waals surface area contributed by atoms with E-state index in [1.54, 1.807) is 30.3 Å². The Bertz CT molecular complexity index is 451. The molecular weight excluding hydrogens is 287 g/mol.